The minimum Gasteiger partial charge on any atom is -0.325 e. The lowest BCUT2D eigenvalue weighted by Crippen LogP contribution is -2.49. The van der Waals surface area contributed by atoms with E-state index >= 15 is 0 Å². The summed E-state index contributed by atoms with van der Waals surface area (Å²) < 4.78 is 0. The lowest BCUT2D eigenvalue weighted by molar-refractivity contribution is -0.0157. The Bertz CT molecular complexity index is 309. The fraction of sp³-hybridized carbons (Fsp3) is 1.00. The Kier molecular flexibility index (Phi) is 12.6. The molecule has 1 nitrogen and oxygen atoms in total. The molecule has 6 atom stereocenters. The molecule has 0 heterocycles. The first kappa shape index (κ1) is 26.2. The summed E-state index contributed by atoms with van der Waals surface area (Å²) in [7, 11) is 0. The van der Waals surface area contributed by atoms with Crippen LogP contribution in [0.1, 0.15) is 115 Å². The zero-order valence-corrected chi connectivity index (χ0v) is 17.8. The summed E-state index contributed by atoms with van der Waals surface area (Å²) in [5, 5.41) is 0. The lowest BCUT2D eigenvalue weighted by atomic mass is 9.54. The van der Waals surface area contributed by atoms with Crippen LogP contribution in [0.2, 0.25) is 0 Å². The summed E-state index contributed by atoms with van der Waals surface area (Å²) in [6.45, 7) is 20.1. The van der Waals surface area contributed by atoms with E-state index in [1.165, 1.54) is 44.9 Å². The summed E-state index contributed by atoms with van der Waals surface area (Å²) in [5.41, 5.74) is 7.27. The highest BCUT2D eigenvalue weighted by Gasteiger charge is 2.49. The first-order valence-corrected chi connectivity index (χ1v) is 10.6. The zero-order valence-electron chi connectivity index (χ0n) is 17.8. The Labute approximate surface area is 155 Å². The molecule has 2 N–H and O–H groups in total. The van der Waals surface area contributed by atoms with E-state index in [1.54, 1.807) is 0 Å². The monoisotopic (exact) mass is 341 g/mol. The van der Waals surface area contributed by atoms with Crippen molar-refractivity contribution in [2.75, 3.05) is 0 Å². The number of hydrogen-bond acceptors (Lipinski definition) is 1. The van der Waals surface area contributed by atoms with E-state index in [9.17, 15) is 0 Å². The molecule has 0 bridgehead atoms. The van der Waals surface area contributed by atoms with Gasteiger partial charge in [-0.1, -0.05) is 69.2 Å². The van der Waals surface area contributed by atoms with Gasteiger partial charge in [0.05, 0.1) is 0 Å². The highest BCUT2D eigenvalue weighted by Crippen LogP contribution is 2.56. The number of nitrogens with two attached hydrogens (primary N) is 1. The molecule has 6 unspecified atom stereocenters. The quantitative estimate of drug-likeness (QED) is 0.547. The van der Waals surface area contributed by atoms with Crippen LogP contribution in [0.3, 0.4) is 0 Å². The summed E-state index contributed by atoms with van der Waals surface area (Å²) in [6.07, 6.45) is 9.61. The second-order valence-corrected chi connectivity index (χ2v) is 8.29. The van der Waals surface area contributed by atoms with Gasteiger partial charge < -0.3 is 5.73 Å². The molecule has 2 aliphatic rings. The molecule has 0 saturated heterocycles. The first-order valence-electron chi connectivity index (χ1n) is 10.6. The third-order valence-electron chi connectivity index (χ3n) is 7.06. The summed E-state index contributed by atoms with van der Waals surface area (Å²) in [4.78, 5) is 0. The van der Waals surface area contributed by atoms with Gasteiger partial charge in [-0.2, -0.15) is 0 Å². The van der Waals surface area contributed by atoms with Crippen LogP contribution in [0.15, 0.2) is 0 Å². The Balaban J connectivity index is 0. The molecule has 24 heavy (non-hydrogen) atoms. The highest BCUT2D eigenvalue weighted by atomic mass is 14.8. The standard InChI is InChI=1S/C18H35N.2C2H6.CH4/c1-6-11-17(4)13(2)7-9-15-10-8-14(3)18(5,19)12-16(15)17;2*1-2;/h13-16H,6-12,19H2,1-5H3;2*1-2H3;1H4. The maximum Gasteiger partial charge on any atom is 0.0154 e. The van der Waals surface area contributed by atoms with Gasteiger partial charge in [0.2, 0.25) is 0 Å². The van der Waals surface area contributed by atoms with Crippen molar-refractivity contribution in [3.05, 3.63) is 0 Å². The minimum absolute atomic E-state index is 0. The van der Waals surface area contributed by atoms with Crippen LogP contribution in [0.5, 0.6) is 0 Å². The van der Waals surface area contributed by atoms with Crippen molar-refractivity contribution in [2.45, 2.75) is 120 Å². The first-order chi connectivity index (χ1) is 10.8. The van der Waals surface area contributed by atoms with Crippen molar-refractivity contribution in [1.82, 2.24) is 0 Å². The molecule has 0 amide bonds. The van der Waals surface area contributed by atoms with Gasteiger partial charge in [-0.15, -0.1) is 0 Å². The van der Waals surface area contributed by atoms with Crippen molar-refractivity contribution >= 4 is 0 Å². The topological polar surface area (TPSA) is 26.0 Å². The molecule has 2 rings (SSSR count). The molecule has 1 heteroatoms. The molecule has 0 radical (unpaired) electrons. The third-order valence-corrected chi connectivity index (χ3v) is 7.06. The van der Waals surface area contributed by atoms with E-state index in [0.717, 1.165) is 17.8 Å². The van der Waals surface area contributed by atoms with Crippen LogP contribution in [-0.2, 0) is 0 Å². The van der Waals surface area contributed by atoms with Crippen LogP contribution >= 0.6 is 0 Å². The van der Waals surface area contributed by atoms with Crippen molar-refractivity contribution in [3.63, 3.8) is 0 Å². The molecule has 0 aromatic rings. The van der Waals surface area contributed by atoms with Crippen LogP contribution in [0.25, 0.3) is 0 Å². The number of fused-ring (bicyclic) bond motifs is 1. The van der Waals surface area contributed by atoms with Crippen LogP contribution < -0.4 is 5.73 Å². The smallest absolute Gasteiger partial charge is 0.0154 e. The Hall–Kier alpha value is -0.0400. The molecule has 0 spiro atoms. The van der Waals surface area contributed by atoms with E-state index in [1.807, 2.05) is 27.7 Å². The van der Waals surface area contributed by atoms with Crippen molar-refractivity contribution < 1.29 is 0 Å². The van der Waals surface area contributed by atoms with Gasteiger partial charge in [-0.3, -0.25) is 0 Å². The van der Waals surface area contributed by atoms with Gasteiger partial charge in [0.15, 0.2) is 0 Å². The molecule has 0 aromatic carbocycles. The van der Waals surface area contributed by atoms with Gasteiger partial charge in [-0.05, 0) is 74.5 Å². The molecule has 2 aliphatic carbocycles. The van der Waals surface area contributed by atoms with Crippen LogP contribution in [-0.4, -0.2) is 5.54 Å². The Morgan fingerprint density at radius 3 is 1.79 bits per heavy atom. The average Bonchev–Trinajstić information content (AvgIpc) is 2.66. The Morgan fingerprint density at radius 1 is 0.875 bits per heavy atom. The molecule has 2 saturated carbocycles. The average molecular weight is 342 g/mol. The van der Waals surface area contributed by atoms with E-state index in [0.29, 0.717) is 11.3 Å². The summed E-state index contributed by atoms with van der Waals surface area (Å²) in [6, 6.07) is 0. The fourth-order valence-corrected chi connectivity index (χ4v) is 5.08. The van der Waals surface area contributed by atoms with Gasteiger partial charge in [-0.25, -0.2) is 0 Å². The van der Waals surface area contributed by atoms with E-state index in [2.05, 4.69) is 34.6 Å². The predicted octanol–water partition coefficient (Wildman–Crippen LogP) is 7.68. The van der Waals surface area contributed by atoms with E-state index < -0.39 is 0 Å². The molecule has 2 fully saturated rings. The Morgan fingerprint density at radius 2 is 1.33 bits per heavy atom. The van der Waals surface area contributed by atoms with Crippen LogP contribution in [0.4, 0.5) is 0 Å². The second-order valence-electron chi connectivity index (χ2n) is 8.29. The van der Waals surface area contributed by atoms with Gasteiger partial charge in [0.25, 0.3) is 0 Å². The fourth-order valence-electron chi connectivity index (χ4n) is 5.08. The van der Waals surface area contributed by atoms with Crippen molar-refractivity contribution in [2.24, 2.45) is 34.8 Å². The molecule has 148 valence electrons. The third kappa shape index (κ3) is 5.75. The predicted molar refractivity (Wildman–Crippen MR) is 113 cm³/mol. The van der Waals surface area contributed by atoms with Gasteiger partial charge in [0, 0.05) is 5.54 Å². The van der Waals surface area contributed by atoms with Crippen molar-refractivity contribution in [1.29, 1.82) is 0 Å². The molecule has 0 aliphatic heterocycles. The normalized spacial score (nSPS) is 41.2. The summed E-state index contributed by atoms with van der Waals surface area (Å²) >= 11 is 0. The molecular formula is C23H51N. The number of rotatable bonds is 2. The maximum atomic E-state index is 6.69. The molecule has 0 aromatic heterocycles. The van der Waals surface area contributed by atoms with Gasteiger partial charge in [0.1, 0.15) is 0 Å². The minimum atomic E-state index is 0. The molecular weight excluding hydrogens is 290 g/mol. The number of hydrogen-bond donors (Lipinski definition) is 1. The SMILES string of the molecule is C.CC.CC.CCCC1(C)C(C)CCC2CCC(C)C(C)(N)CC21. The largest absolute Gasteiger partial charge is 0.325 e. The van der Waals surface area contributed by atoms with Gasteiger partial charge >= 0.3 is 0 Å². The summed E-state index contributed by atoms with van der Waals surface area (Å²) in [5.74, 6) is 3.36. The van der Waals surface area contributed by atoms with Crippen molar-refractivity contribution in [3.8, 4) is 0 Å². The maximum absolute atomic E-state index is 6.69. The lowest BCUT2D eigenvalue weighted by Gasteiger charge is -2.52. The van der Waals surface area contributed by atoms with E-state index in [4.69, 9.17) is 5.73 Å². The highest BCUT2D eigenvalue weighted by molar-refractivity contribution is 5.01. The zero-order chi connectivity index (χ0) is 18.3. The second kappa shape index (κ2) is 11.6. The van der Waals surface area contributed by atoms with Crippen LogP contribution in [0, 0.1) is 29.1 Å². The van der Waals surface area contributed by atoms with E-state index in [-0.39, 0.29) is 13.0 Å².